The maximum atomic E-state index is 2.44. The first-order chi connectivity index (χ1) is 10.3. The van der Waals surface area contributed by atoms with Crippen LogP contribution in [0.2, 0.25) is 0 Å². The lowest BCUT2D eigenvalue weighted by atomic mass is 9.99. The van der Waals surface area contributed by atoms with Gasteiger partial charge in [-0.25, -0.2) is 0 Å². The average molecular weight is 278 g/mol. The number of anilines is 2. The predicted molar refractivity (Wildman–Crippen MR) is 90.5 cm³/mol. The second kappa shape index (κ2) is 4.80. The third-order valence-corrected chi connectivity index (χ3v) is 4.95. The SMILES string of the molecule is CN1CCCCN(C)c2cccc3c2-c2c(cccc21)C3. The summed E-state index contributed by atoms with van der Waals surface area (Å²) in [5.74, 6) is 0. The molecule has 0 spiro atoms. The standard InChI is InChI=1S/C19H22N2/c1-20-11-3-4-12-21(2)17-10-6-8-15-13-14-7-5-9-16(20)18(14)19(15)17/h5-10H,3-4,11-13H2,1-2H3. The molecular weight excluding hydrogens is 256 g/mol. The fourth-order valence-corrected chi connectivity index (χ4v) is 3.83. The number of hydrogen-bond acceptors (Lipinski definition) is 2. The lowest BCUT2D eigenvalue weighted by Crippen LogP contribution is -2.24. The minimum Gasteiger partial charge on any atom is -0.374 e. The van der Waals surface area contributed by atoms with Crippen LogP contribution in [0.4, 0.5) is 11.4 Å². The van der Waals surface area contributed by atoms with E-state index in [9.17, 15) is 0 Å². The molecule has 2 nitrogen and oxygen atoms in total. The fraction of sp³-hybridized carbons (Fsp3) is 0.368. The molecule has 0 fully saturated rings. The topological polar surface area (TPSA) is 6.48 Å². The van der Waals surface area contributed by atoms with Crippen LogP contribution < -0.4 is 9.80 Å². The molecule has 0 saturated carbocycles. The Morgan fingerprint density at radius 2 is 1.19 bits per heavy atom. The number of rotatable bonds is 0. The van der Waals surface area contributed by atoms with E-state index in [2.05, 4.69) is 60.3 Å². The molecule has 2 aromatic rings. The molecule has 0 radical (unpaired) electrons. The minimum absolute atomic E-state index is 1.08. The van der Waals surface area contributed by atoms with Crippen LogP contribution in [0.25, 0.3) is 11.1 Å². The highest BCUT2D eigenvalue weighted by Crippen LogP contribution is 2.47. The van der Waals surface area contributed by atoms with Gasteiger partial charge in [0, 0.05) is 49.7 Å². The van der Waals surface area contributed by atoms with Gasteiger partial charge in [0.05, 0.1) is 0 Å². The lowest BCUT2D eigenvalue weighted by Gasteiger charge is -2.28. The van der Waals surface area contributed by atoms with Crippen molar-refractivity contribution in [1.29, 1.82) is 0 Å². The molecule has 0 saturated heterocycles. The Morgan fingerprint density at radius 3 is 1.67 bits per heavy atom. The zero-order valence-corrected chi connectivity index (χ0v) is 12.9. The number of nitrogens with zero attached hydrogens (tertiary/aromatic N) is 2. The molecule has 0 unspecified atom stereocenters. The van der Waals surface area contributed by atoms with E-state index < -0.39 is 0 Å². The van der Waals surface area contributed by atoms with Crippen LogP contribution in [0.15, 0.2) is 36.4 Å². The van der Waals surface area contributed by atoms with Gasteiger partial charge in [0.2, 0.25) is 0 Å². The van der Waals surface area contributed by atoms with Crippen LogP contribution in [-0.2, 0) is 6.42 Å². The molecule has 2 aliphatic rings. The van der Waals surface area contributed by atoms with Crippen LogP contribution in [0.5, 0.6) is 0 Å². The molecule has 4 rings (SSSR count). The summed E-state index contributed by atoms with van der Waals surface area (Å²) in [4.78, 5) is 4.88. The van der Waals surface area contributed by atoms with Crippen molar-refractivity contribution in [3.63, 3.8) is 0 Å². The molecule has 1 heterocycles. The molecule has 21 heavy (non-hydrogen) atoms. The quantitative estimate of drug-likeness (QED) is 0.615. The zero-order valence-electron chi connectivity index (χ0n) is 12.9. The van der Waals surface area contributed by atoms with Crippen molar-refractivity contribution in [3.05, 3.63) is 47.5 Å². The van der Waals surface area contributed by atoms with Gasteiger partial charge in [0.15, 0.2) is 0 Å². The van der Waals surface area contributed by atoms with Crippen LogP contribution >= 0.6 is 0 Å². The van der Waals surface area contributed by atoms with E-state index in [1.165, 1.54) is 46.5 Å². The largest absolute Gasteiger partial charge is 0.374 e. The Morgan fingerprint density at radius 1 is 0.714 bits per heavy atom. The molecule has 2 heteroatoms. The maximum Gasteiger partial charge on any atom is 0.0447 e. The second-order valence-electron chi connectivity index (χ2n) is 6.35. The van der Waals surface area contributed by atoms with Gasteiger partial charge in [-0.15, -0.1) is 0 Å². The Balaban J connectivity index is 2.01. The van der Waals surface area contributed by atoms with Gasteiger partial charge in [0.25, 0.3) is 0 Å². The molecule has 2 aromatic carbocycles. The van der Waals surface area contributed by atoms with Gasteiger partial charge in [0.1, 0.15) is 0 Å². The predicted octanol–water partition coefficient (Wildman–Crippen LogP) is 3.92. The molecule has 1 aliphatic carbocycles. The molecule has 0 bridgehead atoms. The molecule has 0 amide bonds. The average Bonchev–Trinajstić information content (AvgIpc) is 2.88. The zero-order chi connectivity index (χ0) is 14.4. The lowest BCUT2D eigenvalue weighted by molar-refractivity contribution is 0.706. The van der Waals surface area contributed by atoms with Crippen molar-refractivity contribution in [2.45, 2.75) is 19.3 Å². The Kier molecular flexibility index (Phi) is 2.91. The molecular formula is C19H22N2. The normalized spacial score (nSPS) is 16.9. The second-order valence-corrected chi connectivity index (χ2v) is 6.35. The van der Waals surface area contributed by atoms with Crippen molar-refractivity contribution >= 4 is 11.4 Å². The first-order valence-corrected chi connectivity index (χ1v) is 7.92. The minimum atomic E-state index is 1.08. The summed E-state index contributed by atoms with van der Waals surface area (Å²) in [6.45, 7) is 2.28. The van der Waals surface area contributed by atoms with Gasteiger partial charge >= 0.3 is 0 Å². The van der Waals surface area contributed by atoms with Gasteiger partial charge in [-0.2, -0.15) is 0 Å². The molecule has 1 aliphatic heterocycles. The summed E-state index contributed by atoms with van der Waals surface area (Å²) in [5.41, 5.74) is 8.70. The van der Waals surface area contributed by atoms with E-state index in [0.717, 1.165) is 19.5 Å². The van der Waals surface area contributed by atoms with E-state index in [1.807, 2.05) is 0 Å². The molecule has 0 N–H and O–H groups in total. The Labute approximate surface area is 127 Å². The first-order valence-electron chi connectivity index (χ1n) is 7.92. The third-order valence-electron chi connectivity index (χ3n) is 4.95. The van der Waals surface area contributed by atoms with E-state index >= 15 is 0 Å². The summed E-state index contributed by atoms with van der Waals surface area (Å²) in [6.07, 6.45) is 3.58. The fourth-order valence-electron chi connectivity index (χ4n) is 3.83. The van der Waals surface area contributed by atoms with Gasteiger partial charge in [-0.3, -0.25) is 0 Å². The van der Waals surface area contributed by atoms with Crippen molar-refractivity contribution in [2.24, 2.45) is 0 Å². The monoisotopic (exact) mass is 278 g/mol. The van der Waals surface area contributed by atoms with Crippen LogP contribution in [-0.4, -0.2) is 27.2 Å². The first kappa shape index (κ1) is 12.8. The molecule has 0 atom stereocenters. The maximum absolute atomic E-state index is 2.44. The van der Waals surface area contributed by atoms with Crippen molar-refractivity contribution in [1.82, 2.24) is 0 Å². The van der Waals surface area contributed by atoms with Gasteiger partial charge in [-0.1, -0.05) is 24.3 Å². The summed E-state index contributed by atoms with van der Waals surface area (Å²) >= 11 is 0. The highest BCUT2D eigenvalue weighted by atomic mass is 15.1. The number of hydrogen-bond donors (Lipinski definition) is 0. The highest BCUT2D eigenvalue weighted by molar-refractivity contribution is 5.94. The van der Waals surface area contributed by atoms with E-state index in [4.69, 9.17) is 0 Å². The van der Waals surface area contributed by atoms with Crippen molar-refractivity contribution < 1.29 is 0 Å². The van der Waals surface area contributed by atoms with Crippen LogP contribution in [0, 0.1) is 0 Å². The van der Waals surface area contributed by atoms with Gasteiger partial charge in [-0.05, 0) is 42.5 Å². The van der Waals surface area contributed by atoms with Crippen LogP contribution in [0.1, 0.15) is 24.0 Å². The summed E-state index contributed by atoms with van der Waals surface area (Å²) < 4.78 is 0. The summed E-state index contributed by atoms with van der Waals surface area (Å²) in [6, 6.07) is 13.6. The van der Waals surface area contributed by atoms with Gasteiger partial charge < -0.3 is 9.80 Å². The van der Waals surface area contributed by atoms with E-state index in [0.29, 0.717) is 0 Å². The van der Waals surface area contributed by atoms with Crippen molar-refractivity contribution in [2.75, 3.05) is 37.0 Å². The van der Waals surface area contributed by atoms with Crippen molar-refractivity contribution in [3.8, 4) is 11.1 Å². The van der Waals surface area contributed by atoms with Crippen LogP contribution in [0.3, 0.4) is 0 Å². The molecule has 108 valence electrons. The third kappa shape index (κ3) is 1.93. The van der Waals surface area contributed by atoms with E-state index in [1.54, 1.807) is 0 Å². The Bertz CT molecular complexity index is 630. The van der Waals surface area contributed by atoms with E-state index in [-0.39, 0.29) is 0 Å². The smallest absolute Gasteiger partial charge is 0.0447 e. The summed E-state index contributed by atoms with van der Waals surface area (Å²) in [7, 11) is 4.48. The molecule has 0 aromatic heterocycles. The summed E-state index contributed by atoms with van der Waals surface area (Å²) in [5, 5.41) is 0. The number of benzene rings is 2. The highest BCUT2D eigenvalue weighted by Gasteiger charge is 2.26. The Hall–Kier alpha value is -1.96.